The number of hydrogen-bond donors (Lipinski definition) is 3. The Morgan fingerprint density at radius 1 is 1.00 bits per heavy atom. The van der Waals surface area contributed by atoms with Crippen molar-refractivity contribution >= 4 is 11.6 Å². The molecule has 0 spiro atoms. The fourth-order valence-corrected chi connectivity index (χ4v) is 4.94. The second-order valence-electron chi connectivity index (χ2n) is 9.92. The monoisotopic (exact) mass is 534 g/mol. The first-order valence-corrected chi connectivity index (χ1v) is 13.4. The number of halogens is 1. The van der Waals surface area contributed by atoms with Gasteiger partial charge in [0.15, 0.2) is 0 Å². The number of piperazine rings is 1. The predicted octanol–water partition coefficient (Wildman–Crippen LogP) is 2.12. The third kappa shape index (κ3) is 8.12. The second kappa shape index (κ2) is 13.9. The summed E-state index contributed by atoms with van der Waals surface area (Å²) in [6.07, 6.45) is -2.41. The summed E-state index contributed by atoms with van der Waals surface area (Å²) >= 11 is 6.48. The number of likely N-dealkylation sites (N-methyl/N-ethyl adjacent to an activating group) is 1. The van der Waals surface area contributed by atoms with Crippen LogP contribution in [0.4, 0.5) is 0 Å². The molecule has 0 bridgehead atoms. The van der Waals surface area contributed by atoms with E-state index in [2.05, 4.69) is 16.8 Å². The molecule has 0 amide bonds. The Hall–Kier alpha value is -1.75. The van der Waals surface area contributed by atoms with E-state index in [0.29, 0.717) is 24.7 Å². The quantitative estimate of drug-likeness (QED) is 0.377. The molecule has 2 heterocycles. The van der Waals surface area contributed by atoms with E-state index < -0.39 is 24.4 Å². The van der Waals surface area contributed by atoms with Gasteiger partial charge in [0.1, 0.15) is 24.6 Å². The molecule has 2 aromatic rings. The minimum atomic E-state index is -1.10. The fraction of sp³-hybridized carbons (Fsp3) is 0.571. The van der Waals surface area contributed by atoms with Crippen LogP contribution in [-0.2, 0) is 15.9 Å². The van der Waals surface area contributed by atoms with Gasteiger partial charge in [0.2, 0.25) is 0 Å². The highest BCUT2D eigenvalue weighted by atomic mass is 35.5. The Morgan fingerprint density at radius 3 is 2.49 bits per heavy atom. The maximum absolute atomic E-state index is 10.2. The van der Waals surface area contributed by atoms with Crippen LogP contribution in [0, 0.1) is 0 Å². The number of benzene rings is 2. The number of rotatable bonds is 11. The van der Waals surface area contributed by atoms with E-state index >= 15 is 0 Å². The number of hydrogen-bond acceptors (Lipinski definition) is 8. The van der Waals surface area contributed by atoms with Crippen molar-refractivity contribution in [3.05, 3.63) is 64.2 Å². The van der Waals surface area contributed by atoms with E-state index in [-0.39, 0.29) is 13.0 Å². The number of aliphatic hydroxyl groups is 3. The Balaban J connectivity index is 1.22. The largest absolute Gasteiger partial charge is 0.491 e. The van der Waals surface area contributed by atoms with E-state index in [4.69, 9.17) is 25.8 Å². The Kier molecular flexibility index (Phi) is 10.6. The van der Waals surface area contributed by atoms with Gasteiger partial charge in [0.25, 0.3) is 0 Å². The van der Waals surface area contributed by atoms with Gasteiger partial charge in [-0.2, -0.15) is 0 Å². The first kappa shape index (κ1) is 28.3. The van der Waals surface area contributed by atoms with Crippen LogP contribution < -0.4 is 4.74 Å². The molecule has 4 atom stereocenters. The highest BCUT2D eigenvalue weighted by Gasteiger charge is 2.37. The fourth-order valence-electron chi connectivity index (χ4n) is 4.76. The highest BCUT2D eigenvalue weighted by molar-refractivity contribution is 6.31. The summed E-state index contributed by atoms with van der Waals surface area (Å²) in [5.74, 6) is 0.796. The van der Waals surface area contributed by atoms with E-state index in [1.54, 1.807) is 0 Å². The summed E-state index contributed by atoms with van der Waals surface area (Å²) in [6, 6.07) is 13.6. The lowest BCUT2D eigenvalue weighted by atomic mass is 9.92. The summed E-state index contributed by atoms with van der Waals surface area (Å²) in [4.78, 5) is 4.78. The van der Waals surface area contributed by atoms with Crippen molar-refractivity contribution in [1.29, 1.82) is 0 Å². The lowest BCUT2D eigenvalue weighted by Gasteiger charge is -2.36. The minimum absolute atomic E-state index is 0.254. The van der Waals surface area contributed by atoms with Gasteiger partial charge in [0, 0.05) is 44.2 Å². The molecule has 3 N–H and O–H groups in total. The van der Waals surface area contributed by atoms with Crippen molar-refractivity contribution in [2.75, 3.05) is 66.2 Å². The van der Waals surface area contributed by atoms with Crippen LogP contribution in [0.25, 0.3) is 0 Å². The predicted molar refractivity (Wildman–Crippen MR) is 142 cm³/mol. The SMILES string of the molecule is CN1CCN(CCOCCOc2ccc(Cc3cc([C@@H]4CC(O)[C@H](O)C(CO)O4)ccc3Cl)cc2)CC1. The van der Waals surface area contributed by atoms with Crippen molar-refractivity contribution < 1.29 is 29.5 Å². The van der Waals surface area contributed by atoms with Crippen molar-refractivity contribution in [3.63, 3.8) is 0 Å². The van der Waals surface area contributed by atoms with Crippen LogP contribution in [0.5, 0.6) is 5.75 Å². The first-order chi connectivity index (χ1) is 17.9. The molecular formula is C28H39ClN2O6. The average Bonchev–Trinajstić information content (AvgIpc) is 2.91. The van der Waals surface area contributed by atoms with Gasteiger partial charge in [-0.1, -0.05) is 35.9 Å². The average molecular weight is 535 g/mol. The number of aliphatic hydroxyl groups excluding tert-OH is 3. The van der Waals surface area contributed by atoms with Crippen LogP contribution in [0.15, 0.2) is 42.5 Å². The molecule has 2 aromatic carbocycles. The summed E-state index contributed by atoms with van der Waals surface area (Å²) in [6.45, 7) is 6.83. The van der Waals surface area contributed by atoms with Gasteiger partial charge >= 0.3 is 0 Å². The number of ether oxygens (including phenoxy) is 3. The maximum atomic E-state index is 10.2. The molecule has 204 valence electrons. The first-order valence-electron chi connectivity index (χ1n) is 13.0. The molecule has 2 unspecified atom stereocenters. The lowest BCUT2D eigenvalue weighted by Crippen LogP contribution is -2.47. The molecular weight excluding hydrogens is 496 g/mol. The third-order valence-electron chi connectivity index (χ3n) is 7.15. The summed E-state index contributed by atoms with van der Waals surface area (Å²) in [5.41, 5.74) is 2.88. The molecule has 9 heteroatoms. The Morgan fingerprint density at radius 2 is 1.76 bits per heavy atom. The molecule has 37 heavy (non-hydrogen) atoms. The Labute approximate surface area is 224 Å². The second-order valence-corrected chi connectivity index (χ2v) is 10.3. The summed E-state index contributed by atoms with van der Waals surface area (Å²) < 4.78 is 17.4. The molecule has 0 saturated carbocycles. The zero-order valence-corrected chi connectivity index (χ0v) is 22.2. The van der Waals surface area contributed by atoms with E-state index in [1.165, 1.54) is 0 Å². The van der Waals surface area contributed by atoms with Gasteiger partial charge in [-0.05, 0) is 48.4 Å². The standard InChI is InChI=1S/C28H39ClN2O6/c1-30-8-10-31(11-9-30)12-13-35-14-15-36-23-5-2-20(3-6-23)16-22-17-21(4-7-24(22)29)26-18-25(33)28(34)27(19-32)37-26/h2-7,17,25-28,32-34H,8-16,18-19H2,1H3/t25?,26-,27?,28-/m0/s1. The summed E-state index contributed by atoms with van der Waals surface area (Å²) in [7, 11) is 2.16. The molecule has 0 radical (unpaired) electrons. The van der Waals surface area contributed by atoms with Gasteiger partial charge in [-0.3, -0.25) is 4.90 Å². The topological polar surface area (TPSA) is 94.9 Å². The van der Waals surface area contributed by atoms with Crippen LogP contribution in [0.3, 0.4) is 0 Å². The van der Waals surface area contributed by atoms with E-state index in [0.717, 1.165) is 61.8 Å². The zero-order valence-electron chi connectivity index (χ0n) is 21.5. The van der Waals surface area contributed by atoms with Crippen molar-refractivity contribution in [2.45, 2.75) is 37.3 Å². The van der Waals surface area contributed by atoms with Crippen LogP contribution in [0.1, 0.15) is 29.2 Å². The molecule has 0 aliphatic carbocycles. The normalized spacial score (nSPS) is 25.3. The maximum Gasteiger partial charge on any atom is 0.119 e. The molecule has 2 fully saturated rings. The number of nitrogens with zero attached hydrogens (tertiary/aromatic N) is 2. The van der Waals surface area contributed by atoms with Crippen molar-refractivity contribution in [1.82, 2.24) is 9.80 Å². The zero-order chi connectivity index (χ0) is 26.2. The van der Waals surface area contributed by atoms with Crippen LogP contribution >= 0.6 is 11.6 Å². The Bertz CT molecular complexity index is 970. The summed E-state index contributed by atoms with van der Waals surface area (Å²) in [5, 5.41) is 30.3. The smallest absolute Gasteiger partial charge is 0.119 e. The third-order valence-corrected chi connectivity index (χ3v) is 7.52. The molecule has 2 aliphatic heterocycles. The molecule has 8 nitrogen and oxygen atoms in total. The van der Waals surface area contributed by atoms with Crippen LogP contribution in [0.2, 0.25) is 5.02 Å². The van der Waals surface area contributed by atoms with Gasteiger partial charge in [0.05, 0.1) is 32.0 Å². The van der Waals surface area contributed by atoms with Crippen molar-refractivity contribution in [3.8, 4) is 5.75 Å². The van der Waals surface area contributed by atoms with E-state index in [9.17, 15) is 15.3 Å². The molecule has 4 rings (SSSR count). The molecule has 0 aromatic heterocycles. The molecule has 2 saturated heterocycles. The van der Waals surface area contributed by atoms with Crippen LogP contribution in [-0.4, -0.2) is 110 Å². The minimum Gasteiger partial charge on any atom is -0.491 e. The lowest BCUT2D eigenvalue weighted by molar-refractivity contribution is -0.181. The van der Waals surface area contributed by atoms with Gasteiger partial charge in [-0.25, -0.2) is 0 Å². The highest BCUT2D eigenvalue weighted by Crippen LogP contribution is 2.34. The van der Waals surface area contributed by atoms with Gasteiger partial charge < -0.3 is 34.4 Å². The van der Waals surface area contributed by atoms with Gasteiger partial charge in [-0.15, -0.1) is 0 Å². The van der Waals surface area contributed by atoms with Crippen molar-refractivity contribution in [2.24, 2.45) is 0 Å². The molecule has 2 aliphatic rings. The van der Waals surface area contributed by atoms with E-state index in [1.807, 2.05) is 42.5 Å².